The molecule has 9 heteroatoms. The van der Waals surface area contributed by atoms with Crippen LogP contribution in [0.3, 0.4) is 0 Å². The summed E-state index contributed by atoms with van der Waals surface area (Å²) >= 11 is 6.17. The topological polar surface area (TPSA) is 93.2 Å². The highest BCUT2D eigenvalue weighted by Gasteiger charge is 2.30. The Bertz CT molecular complexity index is 1160. The number of nitrogens with one attached hydrogen (secondary N) is 1. The molecule has 154 valence electrons. The summed E-state index contributed by atoms with van der Waals surface area (Å²) in [6.45, 7) is 2.79. The Balaban J connectivity index is 1.64. The molecule has 0 fully saturated rings. The zero-order chi connectivity index (χ0) is 21.4. The van der Waals surface area contributed by atoms with Crippen LogP contribution in [0.1, 0.15) is 21.6 Å². The van der Waals surface area contributed by atoms with Gasteiger partial charge in [0.15, 0.2) is 0 Å². The number of fused-ring (bicyclic) bond motifs is 1. The third-order valence-electron chi connectivity index (χ3n) is 4.98. The summed E-state index contributed by atoms with van der Waals surface area (Å²) in [5.74, 6) is -1.12. The lowest BCUT2D eigenvalue weighted by molar-refractivity contribution is 0.0997. The van der Waals surface area contributed by atoms with Crippen LogP contribution in [0.5, 0.6) is 0 Å². The number of aromatic nitrogens is 2. The van der Waals surface area contributed by atoms with Crippen molar-refractivity contribution >= 4 is 29.2 Å². The molecule has 3 amide bonds. The van der Waals surface area contributed by atoms with Gasteiger partial charge < -0.3 is 16.0 Å². The van der Waals surface area contributed by atoms with Crippen molar-refractivity contribution in [2.45, 2.75) is 20.0 Å². The van der Waals surface area contributed by atoms with E-state index >= 15 is 0 Å². The van der Waals surface area contributed by atoms with Gasteiger partial charge in [-0.05, 0) is 36.8 Å². The number of benzene rings is 2. The molecule has 0 unspecified atom stereocenters. The number of rotatable bonds is 3. The van der Waals surface area contributed by atoms with Crippen molar-refractivity contribution in [3.05, 3.63) is 70.1 Å². The zero-order valence-corrected chi connectivity index (χ0v) is 16.9. The number of urea groups is 1. The van der Waals surface area contributed by atoms with E-state index in [4.69, 9.17) is 17.3 Å². The van der Waals surface area contributed by atoms with E-state index in [1.54, 1.807) is 33.8 Å². The Labute approximate surface area is 177 Å². The molecule has 2 aromatic carbocycles. The molecule has 1 aliphatic rings. The van der Waals surface area contributed by atoms with Gasteiger partial charge in [-0.25, -0.2) is 9.18 Å². The van der Waals surface area contributed by atoms with Crippen molar-refractivity contribution in [3.8, 4) is 11.3 Å². The Hall–Kier alpha value is -3.39. The van der Waals surface area contributed by atoms with Gasteiger partial charge in [-0.3, -0.25) is 9.48 Å². The van der Waals surface area contributed by atoms with Gasteiger partial charge in [-0.1, -0.05) is 29.8 Å². The Kier molecular flexibility index (Phi) is 5.17. The highest BCUT2D eigenvalue weighted by molar-refractivity contribution is 6.33. The van der Waals surface area contributed by atoms with Gasteiger partial charge in [-0.2, -0.15) is 5.10 Å². The van der Waals surface area contributed by atoms with E-state index in [1.165, 1.54) is 12.1 Å². The molecule has 7 nitrogen and oxygen atoms in total. The summed E-state index contributed by atoms with van der Waals surface area (Å²) in [6, 6.07) is 10.8. The minimum Gasteiger partial charge on any atom is -0.365 e. The lowest BCUT2D eigenvalue weighted by Crippen LogP contribution is -2.41. The molecule has 1 aliphatic heterocycles. The van der Waals surface area contributed by atoms with Crippen LogP contribution in [-0.4, -0.2) is 33.2 Å². The van der Waals surface area contributed by atoms with Crippen LogP contribution in [0, 0.1) is 12.7 Å². The summed E-state index contributed by atoms with van der Waals surface area (Å²) < 4.78 is 15.3. The minimum atomic E-state index is -0.681. The number of primary amides is 1. The van der Waals surface area contributed by atoms with E-state index in [1.807, 2.05) is 13.0 Å². The molecule has 0 aliphatic carbocycles. The number of carbonyl (C=O) groups is 2. The molecule has 0 saturated heterocycles. The maximum absolute atomic E-state index is 13.7. The Morgan fingerprint density at radius 1 is 1.20 bits per heavy atom. The zero-order valence-electron chi connectivity index (χ0n) is 16.2. The van der Waals surface area contributed by atoms with Crippen LogP contribution in [-0.2, 0) is 13.1 Å². The molecule has 3 aromatic rings. The average molecular weight is 428 g/mol. The van der Waals surface area contributed by atoms with Crippen molar-refractivity contribution < 1.29 is 14.0 Å². The first-order valence-electron chi connectivity index (χ1n) is 9.31. The number of nitrogens with two attached hydrogens (primary N) is 1. The van der Waals surface area contributed by atoms with E-state index in [2.05, 4.69) is 10.4 Å². The van der Waals surface area contributed by atoms with E-state index in [0.717, 1.165) is 5.56 Å². The number of hydrogen-bond acceptors (Lipinski definition) is 3. The summed E-state index contributed by atoms with van der Waals surface area (Å²) in [5, 5.41) is 7.69. The molecule has 0 spiro atoms. The van der Waals surface area contributed by atoms with Crippen molar-refractivity contribution in [2.75, 3.05) is 11.9 Å². The smallest absolute Gasteiger partial charge is 0.322 e. The number of anilines is 1. The Morgan fingerprint density at radius 2 is 2.00 bits per heavy atom. The highest BCUT2D eigenvalue weighted by Crippen LogP contribution is 2.29. The molecule has 30 heavy (non-hydrogen) atoms. The summed E-state index contributed by atoms with van der Waals surface area (Å²) in [6.07, 6.45) is 0. The Morgan fingerprint density at radius 3 is 2.73 bits per heavy atom. The third kappa shape index (κ3) is 3.73. The molecular formula is C21H19ClFN5O2. The maximum Gasteiger partial charge on any atom is 0.322 e. The predicted molar refractivity (Wildman–Crippen MR) is 112 cm³/mol. The van der Waals surface area contributed by atoms with Crippen LogP contribution < -0.4 is 11.1 Å². The molecule has 0 atom stereocenters. The van der Waals surface area contributed by atoms with E-state index in [9.17, 15) is 14.0 Å². The van der Waals surface area contributed by atoms with E-state index in [-0.39, 0.29) is 18.1 Å². The van der Waals surface area contributed by atoms with Crippen molar-refractivity contribution in [1.29, 1.82) is 0 Å². The van der Waals surface area contributed by atoms with Crippen LogP contribution in [0.4, 0.5) is 14.9 Å². The van der Waals surface area contributed by atoms with Gasteiger partial charge in [-0.15, -0.1) is 0 Å². The van der Waals surface area contributed by atoms with Crippen LogP contribution in [0.15, 0.2) is 42.5 Å². The average Bonchev–Trinajstić information content (AvgIpc) is 3.09. The van der Waals surface area contributed by atoms with Gasteiger partial charge in [0.2, 0.25) is 0 Å². The van der Waals surface area contributed by atoms with E-state index in [0.29, 0.717) is 40.8 Å². The summed E-state index contributed by atoms with van der Waals surface area (Å²) in [4.78, 5) is 26.6. The van der Waals surface area contributed by atoms with Crippen molar-refractivity contribution in [3.63, 3.8) is 0 Å². The second kappa shape index (κ2) is 7.79. The maximum atomic E-state index is 13.7. The first kappa shape index (κ1) is 19.9. The van der Waals surface area contributed by atoms with Gasteiger partial charge in [0, 0.05) is 12.1 Å². The normalized spacial score (nSPS) is 13.1. The predicted octanol–water partition coefficient (Wildman–Crippen LogP) is 3.80. The van der Waals surface area contributed by atoms with Crippen molar-refractivity contribution in [1.82, 2.24) is 14.7 Å². The highest BCUT2D eigenvalue weighted by atomic mass is 35.5. The second-order valence-corrected chi connectivity index (χ2v) is 7.51. The van der Waals surface area contributed by atoms with Crippen LogP contribution in [0.2, 0.25) is 5.02 Å². The van der Waals surface area contributed by atoms with Gasteiger partial charge in [0.1, 0.15) is 11.5 Å². The number of amides is 3. The molecule has 1 aromatic heterocycles. The van der Waals surface area contributed by atoms with Gasteiger partial charge in [0.25, 0.3) is 5.91 Å². The minimum absolute atomic E-state index is 0.135. The lowest BCUT2D eigenvalue weighted by atomic mass is 10.0. The molecule has 0 radical (unpaired) electrons. The fraction of sp³-hybridized carbons (Fsp3) is 0.190. The fourth-order valence-electron chi connectivity index (χ4n) is 3.52. The fourth-order valence-corrected chi connectivity index (χ4v) is 3.68. The standard InChI is InChI=1S/C21H19ClFN5O2/c1-12-5-6-15(22)16(9-12)25-21(30)27-7-8-28-17(11-27)18(20(24)29)19(26-28)13-3-2-4-14(23)10-13/h2-6,9-10H,7-8,11H2,1H3,(H2,24,29)(H,25,30). The van der Waals surface area contributed by atoms with Gasteiger partial charge >= 0.3 is 6.03 Å². The summed E-state index contributed by atoms with van der Waals surface area (Å²) in [7, 11) is 0. The lowest BCUT2D eigenvalue weighted by Gasteiger charge is -2.28. The quantitative estimate of drug-likeness (QED) is 0.665. The third-order valence-corrected chi connectivity index (χ3v) is 5.30. The summed E-state index contributed by atoms with van der Waals surface area (Å²) in [5.41, 5.74) is 8.55. The largest absolute Gasteiger partial charge is 0.365 e. The van der Waals surface area contributed by atoms with Crippen molar-refractivity contribution in [2.24, 2.45) is 5.73 Å². The molecule has 3 N–H and O–H groups in total. The number of aryl methyl sites for hydroxylation is 1. The first-order valence-corrected chi connectivity index (χ1v) is 9.69. The SMILES string of the molecule is Cc1ccc(Cl)c(NC(=O)N2CCn3nc(-c4cccc(F)c4)c(C(N)=O)c3C2)c1. The molecular weight excluding hydrogens is 409 g/mol. The van der Waals surface area contributed by atoms with Crippen LogP contribution >= 0.6 is 11.6 Å². The first-order chi connectivity index (χ1) is 14.3. The molecule has 4 rings (SSSR count). The second-order valence-electron chi connectivity index (χ2n) is 7.10. The number of hydrogen-bond donors (Lipinski definition) is 2. The molecule has 0 bridgehead atoms. The number of nitrogens with zero attached hydrogens (tertiary/aromatic N) is 3. The van der Waals surface area contributed by atoms with Crippen LogP contribution in [0.25, 0.3) is 11.3 Å². The molecule has 2 heterocycles. The number of halogens is 2. The number of carbonyl (C=O) groups excluding carboxylic acids is 2. The molecule has 0 saturated carbocycles. The van der Waals surface area contributed by atoms with Gasteiger partial charge in [0.05, 0.1) is 35.1 Å². The van der Waals surface area contributed by atoms with E-state index < -0.39 is 11.7 Å². The monoisotopic (exact) mass is 427 g/mol.